The van der Waals surface area contributed by atoms with Gasteiger partial charge in [0, 0.05) is 18.8 Å². The lowest BCUT2D eigenvalue weighted by Gasteiger charge is -2.11. The molecule has 1 aromatic carbocycles. The van der Waals surface area contributed by atoms with E-state index in [-0.39, 0.29) is 50.6 Å². The number of aromatic nitrogens is 3. The maximum Gasteiger partial charge on any atom is 0.417 e. The highest BCUT2D eigenvalue weighted by atomic mass is 32.2. The standard InChI is InChI=1S/C19H19F3N4O4S2/c1-3-32(28,29)16-9-13(25-31(27)7-6-30-11-31)4-5-14(16)17-24-15-8-12(19(20,21)22)10-23-18(15)26(17)2/h4-5,8-10H,3,6-7,11H2,1-2H3. The molecule has 3 aromatic rings. The van der Waals surface area contributed by atoms with E-state index in [1.54, 1.807) is 0 Å². The summed E-state index contributed by atoms with van der Waals surface area (Å²) in [4.78, 5) is 8.00. The first-order valence-corrected chi connectivity index (χ1v) is 13.0. The number of rotatable bonds is 4. The molecule has 0 aliphatic carbocycles. The Bertz CT molecular complexity index is 1430. The second-order valence-electron chi connectivity index (χ2n) is 7.24. The van der Waals surface area contributed by atoms with E-state index in [4.69, 9.17) is 4.74 Å². The number of ether oxygens (including phenoxy) is 1. The van der Waals surface area contributed by atoms with E-state index in [9.17, 15) is 25.8 Å². The summed E-state index contributed by atoms with van der Waals surface area (Å²) in [5.41, 5.74) is -0.387. The lowest BCUT2D eigenvalue weighted by atomic mass is 10.2. The zero-order valence-electron chi connectivity index (χ0n) is 17.1. The Balaban J connectivity index is 1.92. The van der Waals surface area contributed by atoms with Crippen molar-refractivity contribution in [1.29, 1.82) is 0 Å². The number of hydrogen-bond donors (Lipinski definition) is 0. The lowest BCUT2D eigenvalue weighted by Crippen LogP contribution is -2.07. The molecule has 1 saturated heterocycles. The first-order valence-electron chi connectivity index (χ1n) is 9.51. The summed E-state index contributed by atoms with van der Waals surface area (Å²) in [5.74, 6) is 0.145. The first-order chi connectivity index (χ1) is 14.9. The largest absolute Gasteiger partial charge is 0.417 e. The van der Waals surface area contributed by atoms with Crippen molar-refractivity contribution in [3.63, 3.8) is 0 Å². The minimum Gasteiger partial charge on any atom is -0.366 e. The number of sulfone groups is 1. The van der Waals surface area contributed by atoms with Crippen LogP contribution >= 0.6 is 0 Å². The van der Waals surface area contributed by atoms with Gasteiger partial charge in [0.1, 0.15) is 17.3 Å². The summed E-state index contributed by atoms with van der Waals surface area (Å²) in [6.07, 6.45) is -3.88. The minimum atomic E-state index is -4.58. The van der Waals surface area contributed by atoms with Crippen LogP contribution in [0.4, 0.5) is 18.9 Å². The average Bonchev–Trinajstić information content (AvgIpc) is 3.30. The number of halogens is 3. The van der Waals surface area contributed by atoms with E-state index in [1.807, 2.05) is 0 Å². The van der Waals surface area contributed by atoms with Crippen LogP contribution in [0.5, 0.6) is 0 Å². The van der Waals surface area contributed by atoms with Crippen LogP contribution in [0.3, 0.4) is 0 Å². The Morgan fingerprint density at radius 3 is 2.66 bits per heavy atom. The summed E-state index contributed by atoms with van der Waals surface area (Å²) in [5, 5.41) is 0. The van der Waals surface area contributed by atoms with Gasteiger partial charge in [0.2, 0.25) is 0 Å². The van der Waals surface area contributed by atoms with Crippen LogP contribution in [0.25, 0.3) is 22.6 Å². The molecule has 3 heterocycles. The number of aryl methyl sites for hydroxylation is 1. The minimum absolute atomic E-state index is 0.0167. The zero-order chi connectivity index (χ0) is 23.3. The molecule has 0 bridgehead atoms. The van der Waals surface area contributed by atoms with Crippen molar-refractivity contribution < 1.29 is 30.5 Å². The Labute approximate surface area is 182 Å². The highest BCUT2D eigenvalue weighted by Crippen LogP contribution is 2.35. The number of pyridine rings is 1. The molecular formula is C19H19F3N4O4S2. The quantitative estimate of drug-likeness (QED) is 0.557. The van der Waals surface area contributed by atoms with Gasteiger partial charge in [-0.3, -0.25) is 0 Å². The lowest BCUT2D eigenvalue weighted by molar-refractivity contribution is -0.137. The van der Waals surface area contributed by atoms with Crippen molar-refractivity contribution in [2.45, 2.75) is 18.0 Å². The smallest absolute Gasteiger partial charge is 0.366 e. The van der Waals surface area contributed by atoms with Crippen molar-refractivity contribution in [2.75, 3.05) is 24.1 Å². The van der Waals surface area contributed by atoms with E-state index in [0.717, 1.165) is 6.07 Å². The van der Waals surface area contributed by atoms with E-state index in [0.29, 0.717) is 12.8 Å². The predicted octanol–water partition coefficient (Wildman–Crippen LogP) is 3.53. The molecule has 0 saturated carbocycles. The second-order valence-corrected chi connectivity index (χ2v) is 11.9. The van der Waals surface area contributed by atoms with Crippen molar-refractivity contribution in [3.05, 3.63) is 36.0 Å². The van der Waals surface area contributed by atoms with Gasteiger partial charge in [0.05, 0.1) is 44.0 Å². The van der Waals surface area contributed by atoms with Crippen LogP contribution in [-0.2, 0) is 37.5 Å². The third kappa shape index (κ3) is 4.11. The van der Waals surface area contributed by atoms with Crippen LogP contribution < -0.4 is 0 Å². The highest BCUT2D eigenvalue weighted by Gasteiger charge is 2.32. The molecule has 2 aromatic heterocycles. The Morgan fingerprint density at radius 2 is 2.03 bits per heavy atom. The molecule has 0 amide bonds. The van der Waals surface area contributed by atoms with E-state index < -0.39 is 31.3 Å². The molecule has 0 spiro atoms. The molecule has 1 atom stereocenters. The van der Waals surface area contributed by atoms with Gasteiger partial charge in [-0.25, -0.2) is 22.6 Å². The molecule has 32 heavy (non-hydrogen) atoms. The molecule has 0 N–H and O–H groups in total. The van der Waals surface area contributed by atoms with E-state index >= 15 is 0 Å². The number of nitrogens with zero attached hydrogens (tertiary/aromatic N) is 4. The number of alkyl halides is 3. The Hall–Kier alpha value is -2.51. The molecule has 1 fully saturated rings. The molecule has 8 nitrogen and oxygen atoms in total. The zero-order valence-corrected chi connectivity index (χ0v) is 18.7. The number of benzene rings is 1. The van der Waals surface area contributed by atoms with Crippen molar-refractivity contribution in [3.8, 4) is 11.4 Å². The maximum absolute atomic E-state index is 13.1. The van der Waals surface area contributed by atoms with Gasteiger partial charge in [0.25, 0.3) is 0 Å². The van der Waals surface area contributed by atoms with Crippen molar-refractivity contribution in [2.24, 2.45) is 11.4 Å². The van der Waals surface area contributed by atoms with Gasteiger partial charge in [-0.1, -0.05) is 6.92 Å². The molecule has 1 unspecified atom stereocenters. The first kappa shape index (κ1) is 22.7. The summed E-state index contributed by atoms with van der Waals surface area (Å²) in [6.45, 7) is 1.79. The van der Waals surface area contributed by atoms with Crippen LogP contribution in [0, 0.1) is 0 Å². The third-order valence-corrected chi connectivity index (χ3v) is 8.69. The third-order valence-electron chi connectivity index (χ3n) is 5.04. The molecule has 172 valence electrons. The fourth-order valence-electron chi connectivity index (χ4n) is 3.34. The topological polar surface area (TPSA) is 104 Å². The number of hydrogen-bond acceptors (Lipinski definition) is 7. The molecule has 1 aliphatic heterocycles. The second kappa shape index (κ2) is 7.81. The van der Waals surface area contributed by atoms with Crippen molar-refractivity contribution in [1.82, 2.24) is 14.5 Å². The summed E-state index contributed by atoms with van der Waals surface area (Å²) in [6, 6.07) is 5.15. The van der Waals surface area contributed by atoms with Crippen LogP contribution in [0.2, 0.25) is 0 Å². The van der Waals surface area contributed by atoms with Crippen LogP contribution in [0.1, 0.15) is 12.5 Å². The van der Waals surface area contributed by atoms with Crippen LogP contribution in [0.15, 0.2) is 39.7 Å². The Kier molecular flexibility index (Phi) is 5.54. The molecule has 0 radical (unpaired) electrons. The molecule has 13 heteroatoms. The predicted molar refractivity (Wildman–Crippen MR) is 113 cm³/mol. The summed E-state index contributed by atoms with van der Waals surface area (Å²) in [7, 11) is -4.87. The fraction of sp³-hybridized carbons (Fsp3) is 0.368. The Morgan fingerprint density at radius 1 is 1.28 bits per heavy atom. The van der Waals surface area contributed by atoms with Gasteiger partial charge in [-0.05, 0) is 24.3 Å². The molecular weight excluding hydrogens is 469 g/mol. The van der Waals surface area contributed by atoms with E-state index in [1.165, 1.54) is 36.7 Å². The van der Waals surface area contributed by atoms with Gasteiger partial charge in [-0.15, -0.1) is 0 Å². The molecule has 1 aliphatic rings. The number of imidazole rings is 1. The van der Waals surface area contributed by atoms with E-state index in [2.05, 4.69) is 14.3 Å². The SMILES string of the molecule is CCS(=O)(=O)c1cc(N=S2(=O)CCOC2)ccc1-c1nc2cc(C(F)(F)F)cnc2n1C. The fourth-order valence-corrected chi connectivity index (χ4v) is 5.96. The van der Waals surface area contributed by atoms with Gasteiger partial charge < -0.3 is 9.30 Å². The monoisotopic (exact) mass is 488 g/mol. The van der Waals surface area contributed by atoms with Gasteiger partial charge in [-0.2, -0.15) is 17.5 Å². The maximum atomic E-state index is 13.1. The highest BCUT2D eigenvalue weighted by molar-refractivity contribution is 7.93. The van der Waals surface area contributed by atoms with Crippen LogP contribution in [-0.4, -0.2) is 51.2 Å². The van der Waals surface area contributed by atoms with Gasteiger partial charge >= 0.3 is 6.18 Å². The summed E-state index contributed by atoms with van der Waals surface area (Å²) < 4.78 is 88.3. The number of fused-ring (bicyclic) bond motifs is 1. The normalized spacial score (nSPS) is 19.5. The molecule has 4 rings (SSSR count). The van der Waals surface area contributed by atoms with Crippen molar-refractivity contribution >= 4 is 36.4 Å². The average molecular weight is 489 g/mol. The summed E-state index contributed by atoms with van der Waals surface area (Å²) >= 11 is 0. The van der Waals surface area contributed by atoms with Gasteiger partial charge in [0.15, 0.2) is 15.5 Å².